The number of carbonyl (C=O) groups is 1. The Morgan fingerprint density at radius 3 is 3.09 bits per heavy atom. The van der Waals surface area contributed by atoms with Crippen LogP contribution in [-0.4, -0.2) is 28.3 Å². The Bertz CT molecular complexity index is 1250. The largest absolute Gasteiger partial charge is 0.493 e. The minimum atomic E-state index is -0.747. The van der Waals surface area contributed by atoms with Crippen LogP contribution in [0, 0.1) is 5.92 Å². The van der Waals surface area contributed by atoms with E-state index in [1.54, 1.807) is 18.3 Å². The van der Waals surface area contributed by atoms with Crippen LogP contribution in [-0.2, 0) is 17.6 Å². The van der Waals surface area contributed by atoms with Crippen molar-refractivity contribution in [3.05, 3.63) is 55.4 Å². The smallest absolute Gasteiger partial charge is 0.263 e. The molecule has 7 nitrogen and oxygen atoms in total. The molecule has 1 aliphatic carbocycles. The first-order valence-electron chi connectivity index (χ1n) is 10.7. The second kappa shape index (κ2) is 9.54. The molecule has 0 fully saturated rings. The molecule has 4 rings (SSSR count). The molecule has 168 valence electrons. The van der Waals surface area contributed by atoms with Gasteiger partial charge in [0.15, 0.2) is 0 Å². The number of hydrazone groups is 1. The average Bonchev–Trinajstić information content (AvgIpc) is 3.13. The van der Waals surface area contributed by atoms with Gasteiger partial charge in [-0.05, 0) is 62.8 Å². The van der Waals surface area contributed by atoms with E-state index in [4.69, 9.17) is 4.74 Å². The number of aromatic nitrogens is 2. The van der Waals surface area contributed by atoms with Gasteiger partial charge in [-0.15, -0.1) is 11.3 Å². The lowest BCUT2D eigenvalue weighted by Crippen LogP contribution is -2.34. The summed E-state index contributed by atoms with van der Waals surface area (Å²) in [4.78, 5) is 32.4. The molecule has 32 heavy (non-hydrogen) atoms. The number of nitrogens with zero attached hydrogens (tertiary/aromatic N) is 3. The maximum Gasteiger partial charge on any atom is 0.263 e. The van der Waals surface area contributed by atoms with Crippen LogP contribution < -0.4 is 15.7 Å². The summed E-state index contributed by atoms with van der Waals surface area (Å²) in [5.74, 6) is 0.896. The van der Waals surface area contributed by atoms with Crippen molar-refractivity contribution >= 4 is 49.6 Å². The van der Waals surface area contributed by atoms with E-state index in [1.165, 1.54) is 22.0 Å². The molecule has 0 saturated carbocycles. The highest BCUT2D eigenvalue weighted by molar-refractivity contribution is 9.10. The number of carbonyl (C=O) groups excluding carboxylic acids is 1. The predicted molar refractivity (Wildman–Crippen MR) is 131 cm³/mol. The summed E-state index contributed by atoms with van der Waals surface area (Å²) in [7, 11) is 0. The van der Waals surface area contributed by atoms with E-state index in [9.17, 15) is 9.59 Å². The van der Waals surface area contributed by atoms with Crippen molar-refractivity contribution < 1.29 is 9.53 Å². The van der Waals surface area contributed by atoms with Crippen molar-refractivity contribution in [3.8, 4) is 5.75 Å². The summed E-state index contributed by atoms with van der Waals surface area (Å²) in [5, 5.41) is 4.74. The number of thiophene rings is 1. The summed E-state index contributed by atoms with van der Waals surface area (Å²) in [6.45, 7) is 6.33. The third-order valence-corrected chi connectivity index (χ3v) is 7.34. The van der Waals surface area contributed by atoms with E-state index in [0.29, 0.717) is 23.7 Å². The number of ether oxygens (including phenoxy) is 1. The Morgan fingerprint density at radius 2 is 2.31 bits per heavy atom. The van der Waals surface area contributed by atoms with Gasteiger partial charge in [0.2, 0.25) is 0 Å². The van der Waals surface area contributed by atoms with Crippen molar-refractivity contribution in [3.63, 3.8) is 0 Å². The van der Waals surface area contributed by atoms with Gasteiger partial charge in [0, 0.05) is 14.9 Å². The van der Waals surface area contributed by atoms with E-state index in [1.807, 2.05) is 25.1 Å². The Hall–Kier alpha value is -2.52. The fraction of sp³-hybridized carbons (Fsp3) is 0.391. The SMILES string of the molecule is CCOc1ccc(Br)cc1/C=N\NC(=O)[C@@H](C)n1cnc2sc3c(c2c1=O)CC[C@H](C)C3. The van der Waals surface area contributed by atoms with Gasteiger partial charge < -0.3 is 4.74 Å². The standard InChI is InChI=1S/C23H25BrN4O3S/c1-4-31-18-8-6-16(24)10-15(18)11-26-27-21(29)14(3)28-12-25-22-20(23(28)30)17-7-5-13(2)9-19(17)32-22/h6,8,10-14H,4-5,7,9H2,1-3H3,(H,27,29)/b26-11-/t13-,14+/m0/s1. The second-order valence-corrected chi connectivity index (χ2v) is 10.0. The van der Waals surface area contributed by atoms with Gasteiger partial charge in [-0.1, -0.05) is 22.9 Å². The molecule has 0 bridgehead atoms. The highest BCUT2D eigenvalue weighted by Gasteiger charge is 2.25. The maximum atomic E-state index is 13.2. The molecule has 0 radical (unpaired) electrons. The van der Waals surface area contributed by atoms with Crippen LogP contribution in [0.3, 0.4) is 0 Å². The van der Waals surface area contributed by atoms with Gasteiger partial charge in [-0.2, -0.15) is 5.10 Å². The fourth-order valence-corrected chi connectivity index (χ4v) is 5.63. The molecule has 1 amide bonds. The molecular weight excluding hydrogens is 492 g/mol. The quantitative estimate of drug-likeness (QED) is 0.387. The zero-order chi connectivity index (χ0) is 22.8. The monoisotopic (exact) mass is 516 g/mol. The van der Waals surface area contributed by atoms with Crippen LogP contribution in [0.4, 0.5) is 0 Å². The van der Waals surface area contributed by atoms with Crippen LogP contribution in [0.5, 0.6) is 5.75 Å². The number of benzene rings is 1. The van der Waals surface area contributed by atoms with Gasteiger partial charge in [0.05, 0.1) is 24.5 Å². The van der Waals surface area contributed by atoms with Crippen LogP contribution in [0.1, 0.15) is 49.2 Å². The van der Waals surface area contributed by atoms with Gasteiger partial charge >= 0.3 is 0 Å². The van der Waals surface area contributed by atoms with E-state index in [-0.39, 0.29) is 5.56 Å². The van der Waals surface area contributed by atoms with Crippen molar-refractivity contribution in [1.29, 1.82) is 0 Å². The maximum absolute atomic E-state index is 13.2. The first-order valence-corrected chi connectivity index (χ1v) is 12.3. The lowest BCUT2D eigenvalue weighted by Gasteiger charge is -2.18. The molecule has 0 saturated heterocycles. The van der Waals surface area contributed by atoms with Crippen LogP contribution in [0.2, 0.25) is 0 Å². The van der Waals surface area contributed by atoms with Crippen LogP contribution >= 0.6 is 27.3 Å². The highest BCUT2D eigenvalue weighted by atomic mass is 79.9. The molecule has 1 N–H and O–H groups in total. The van der Waals surface area contributed by atoms with Crippen LogP contribution in [0.15, 0.2) is 38.9 Å². The first-order chi connectivity index (χ1) is 15.4. The lowest BCUT2D eigenvalue weighted by molar-refractivity contribution is -0.123. The molecule has 1 aliphatic rings. The Labute approximate surface area is 198 Å². The minimum Gasteiger partial charge on any atom is -0.493 e. The predicted octanol–water partition coefficient (Wildman–Crippen LogP) is 4.46. The summed E-state index contributed by atoms with van der Waals surface area (Å²) < 4.78 is 7.86. The number of hydrogen-bond donors (Lipinski definition) is 1. The molecular formula is C23H25BrN4O3S. The number of amides is 1. The molecule has 9 heteroatoms. The Kier molecular flexibility index (Phi) is 6.76. The molecule has 1 aromatic carbocycles. The van der Waals surface area contributed by atoms with Crippen LogP contribution in [0.25, 0.3) is 10.2 Å². The number of fused-ring (bicyclic) bond motifs is 3. The first kappa shape index (κ1) is 22.7. The highest BCUT2D eigenvalue weighted by Crippen LogP contribution is 2.35. The summed E-state index contributed by atoms with van der Waals surface area (Å²) in [6, 6.07) is 4.82. The molecule has 0 spiro atoms. The summed E-state index contributed by atoms with van der Waals surface area (Å²) in [5.41, 5.74) is 4.20. The number of rotatable bonds is 6. The van der Waals surface area contributed by atoms with E-state index in [0.717, 1.165) is 39.7 Å². The summed E-state index contributed by atoms with van der Waals surface area (Å²) >= 11 is 5.03. The molecule has 2 aromatic heterocycles. The minimum absolute atomic E-state index is 0.167. The number of hydrogen-bond acceptors (Lipinski definition) is 6. The molecule has 2 atom stereocenters. The average molecular weight is 517 g/mol. The zero-order valence-electron chi connectivity index (χ0n) is 18.2. The molecule has 2 heterocycles. The van der Waals surface area contributed by atoms with Gasteiger partial charge in [-0.25, -0.2) is 10.4 Å². The third-order valence-electron chi connectivity index (χ3n) is 5.69. The topological polar surface area (TPSA) is 85.6 Å². The second-order valence-electron chi connectivity index (χ2n) is 8.01. The van der Waals surface area contributed by atoms with Crippen molar-refractivity contribution in [2.75, 3.05) is 6.61 Å². The molecule has 0 aliphatic heterocycles. The number of aryl methyl sites for hydroxylation is 1. The third kappa shape index (κ3) is 4.49. The van der Waals surface area contributed by atoms with Gasteiger partial charge in [0.25, 0.3) is 11.5 Å². The number of nitrogens with one attached hydrogen (secondary N) is 1. The zero-order valence-corrected chi connectivity index (χ0v) is 20.6. The summed E-state index contributed by atoms with van der Waals surface area (Å²) in [6.07, 6.45) is 5.93. The van der Waals surface area contributed by atoms with Crippen molar-refractivity contribution in [1.82, 2.24) is 15.0 Å². The van der Waals surface area contributed by atoms with Crippen molar-refractivity contribution in [2.24, 2.45) is 11.0 Å². The molecule has 0 unspecified atom stereocenters. The van der Waals surface area contributed by atoms with E-state index >= 15 is 0 Å². The van der Waals surface area contributed by atoms with Crippen molar-refractivity contribution in [2.45, 2.75) is 46.1 Å². The fourth-order valence-electron chi connectivity index (χ4n) is 3.91. The Morgan fingerprint density at radius 1 is 1.50 bits per heavy atom. The number of halogens is 1. The normalized spacial score (nSPS) is 16.8. The molecule has 3 aromatic rings. The van der Waals surface area contributed by atoms with Gasteiger partial charge in [-0.3, -0.25) is 14.2 Å². The van der Waals surface area contributed by atoms with E-state index in [2.05, 4.69) is 38.4 Å². The van der Waals surface area contributed by atoms with Gasteiger partial charge in [0.1, 0.15) is 16.6 Å². The lowest BCUT2D eigenvalue weighted by atomic mass is 9.89. The van der Waals surface area contributed by atoms with E-state index < -0.39 is 11.9 Å². The Balaban J connectivity index is 1.55.